The molecule has 2 fully saturated rings. The molecule has 50 heavy (non-hydrogen) atoms. The van der Waals surface area contributed by atoms with Crippen LogP contribution in [0.1, 0.15) is 74.3 Å². The van der Waals surface area contributed by atoms with Crippen LogP contribution in [0.25, 0.3) is 46.3 Å². The first kappa shape index (κ1) is 37.0. The first-order valence-electron chi connectivity index (χ1n) is 16.7. The number of methoxy groups -OCH3 is 1. The van der Waals surface area contributed by atoms with Crippen LogP contribution in [0.4, 0.5) is 0 Å². The van der Waals surface area contributed by atoms with Crippen molar-refractivity contribution in [3.8, 4) is 0 Å². The Balaban J connectivity index is 0.00000486. The van der Waals surface area contributed by atoms with Crippen LogP contribution in [-0.4, -0.2) is 54.7 Å². The van der Waals surface area contributed by atoms with E-state index >= 15 is 0 Å². The first-order valence-corrected chi connectivity index (χ1v) is 16.7. The second-order valence-corrected chi connectivity index (χ2v) is 13.3. The molecule has 2 aromatic heterocycles. The fraction of sp³-hybridized carbons (Fsp3) is 0.375. The molecule has 2 aromatic rings. The summed E-state index contributed by atoms with van der Waals surface area (Å²) in [6.45, 7) is 19.9. The average Bonchev–Trinajstić information content (AvgIpc) is 3.80. The van der Waals surface area contributed by atoms with Crippen LogP contribution in [0.5, 0.6) is 0 Å². The molecular formula is C40H42MgN4O5-4. The van der Waals surface area contributed by atoms with E-state index in [1.54, 1.807) is 6.42 Å². The van der Waals surface area contributed by atoms with Crippen molar-refractivity contribution in [3.63, 3.8) is 0 Å². The number of fused-ring (bicyclic) bond motifs is 8. The predicted molar refractivity (Wildman–Crippen MR) is 196 cm³/mol. The molecule has 8 bridgehead atoms. The predicted octanol–water partition coefficient (Wildman–Crippen LogP) is 4.72. The molecular weight excluding hydrogens is 641 g/mol. The van der Waals surface area contributed by atoms with E-state index in [9.17, 15) is 14.7 Å². The Morgan fingerprint density at radius 3 is 2.42 bits per heavy atom. The summed E-state index contributed by atoms with van der Waals surface area (Å²) in [5, 5.41) is 25.3. The molecule has 10 heteroatoms. The summed E-state index contributed by atoms with van der Waals surface area (Å²) >= 11 is 0. The van der Waals surface area contributed by atoms with Gasteiger partial charge in [0.25, 0.3) is 0 Å². The Labute approximate surface area is 310 Å². The van der Waals surface area contributed by atoms with Gasteiger partial charge >= 0.3 is 35.0 Å². The topological polar surface area (TPSA) is 132 Å². The van der Waals surface area contributed by atoms with Crippen molar-refractivity contribution in [1.29, 1.82) is 0 Å². The summed E-state index contributed by atoms with van der Waals surface area (Å²) in [6, 6.07) is -0.615. The number of carbonyl (C=O) groups is 2. The number of hydrogen-bond acceptors (Lipinski definition) is 5. The van der Waals surface area contributed by atoms with Gasteiger partial charge in [-0.05, 0) is 55.7 Å². The zero-order valence-electron chi connectivity index (χ0n) is 29.9. The number of aromatic nitrogens is 2. The van der Waals surface area contributed by atoms with E-state index in [1.165, 1.54) is 7.11 Å². The first-order chi connectivity index (χ1) is 23.4. The van der Waals surface area contributed by atoms with E-state index < -0.39 is 17.9 Å². The molecule has 0 spiro atoms. The second kappa shape index (κ2) is 14.5. The van der Waals surface area contributed by atoms with Crippen LogP contribution < -0.4 is 25.6 Å². The molecule has 5 heterocycles. The van der Waals surface area contributed by atoms with E-state index in [-0.39, 0.29) is 65.6 Å². The van der Waals surface area contributed by atoms with E-state index in [1.807, 2.05) is 52.0 Å². The molecule has 9 nitrogen and oxygen atoms in total. The van der Waals surface area contributed by atoms with Crippen LogP contribution in [0.3, 0.4) is 0 Å². The van der Waals surface area contributed by atoms with E-state index in [2.05, 4.69) is 33.1 Å². The number of ether oxygens (including phenoxy) is 2. The molecule has 6 rings (SSSR count). The van der Waals surface area contributed by atoms with Gasteiger partial charge in [-0.15, -0.1) is 33.9 Å². The maximum absolute atomic E-state index is 14.2. The van der Waals surface area contributed by atoms with Gasteiger partial charge in [0.15, 0.2) is 0 Å². The van der Waals surface area contributed by atoms with Crippen LogP contribution in [0.15, 0.2) is 47.5 Å². The van der Waals surface area contributed by atoms with Gasteiger partial charge in [-0.25, -0.2) is 12.2 Å². The van der Waals surface area contributed by atoms with E-state index in [0.717, 1.165) is 50.8 Å². The Morgan fingerprint density at radius 2 is 1.76 bits per heavy atom. The van der Waals surface area contributed by atoms with Crippen LogP contribution in [-0.2, 0) is 19.1 Å². The summed E-state index contributed by atoms with van der Waals surface area (Å²) in [5.41, 5.74) is 9.46. The minimum Gasteiger partial charge on any atom is -0.874 e. The molecule has 5 atom stereocenters. The number of carbonyl (C=O) groups excluding carboxylic acids is 2. The van der Waals surface area contributed by atoms with Gasteiger partial charge in [0.2, 0.25) is 0 Å². The molecule has 0 radical (unpaired) electrons. The van der Waals surface area contributed by atoms with Crippen LogP contribution in [0.2, 0.25) is 0 Å². The Kier molecular flexibility index (Phi) is 10.7. The van der Waals surface area contributed by atoms with Crippen molar-refractivity contribution in [2.24, 2.45) is 23.7 Å². The summed E-state index contributed by atoms with van der Waals surface area (Å²) in [7, 11) is 1.28. The molecule has 258 valence electrons. The van der Waals surface area contributed by atoms with E-state index in [4.69, 9.17) is 30.1 Å². The third-order valence-electron chi connectivity index (χ3n) is 10.4. The monoisotopic (exact) mass is 682 g/mol. The van der Waals surface area contributed by atoms with Gasteiger partial charge in [0.05, 0.1) is 13.0 Å². The quantitative estimate of drug-likeness (QED) is 0.224. The zero-order chi connectivity index (χ0) is 35.3. The fourth-order valence-corrected chi connectivity index (χ4v) is 7.55. The molecule has 0 N–H and O–H groups in total. The fourth-order valence-electron chi connectivity index (χ4n) is 7.55. The number of rotatable bonds is 8. The molecule has 0 amide bonds. The molecule has 3 aliphatic heterocycles. The molecule has 0 aromatic carbocycles. The van der Waals surface area contributed by atoms with Crippen molar-refractivity contribution in [2.45, 2.75) is 60.4 Å². The SMILES string of the molecule is C=Cc1c2[n-]c(c1C)/C=C1\[N-][C@H](C3=c4[n-]c(c(C)c4=C([O-])[C@@H]3C(=O)OC)/C=C3\[N-]/C(=C\2)[C@H](C)\C3=C/C)[C@@H](CCC(=O)OC[CH-]C(=C)C)[C@@H]1C.[Mg+2]. The van der Waals surface area contributed by atoms with Crippen molar-refractivity contribution < 1.29 is 24.2 Å². The van der Waals surface area contributed by atoms with Crippen LogP contribution in [0, 0.1) is 43.9 Å². The average molecular weight is 683 g/mol. The standard InChI is InChI=1S/C40H43N4O5.Mg/c1-10-24-20(5)27-16-29-22(7)26(12-13-33(45)49-15-14-19(3)4)37(43-29)35-36(40(47)48-9)39(46)34-23(8)30(44-38(34)35)18-32-25(11-2)21(6)28(42-32)17-31(24)41-27;/h10-11,14,16-18,21-22,26,36-37,46H,1,3,12-13,15H2,2,4-9H3;/q-5;+2/p-1/b25-11+,28-17-,29-16-,32-18-;/t21-,22+,26+,36-,37+;/m1./s1. The second-order valence-electron chi connectivity index (χ2n) is 13.3. The maximum Gasteiger partial charge on any atom is 2.00 e. The van der Waals surface area contributed by atoms with Crippen molar-refractivity contribution >= 4 is 70.6 Å². The number of hydrogen-bond donors (Lipinski definition) is 0. The third kappa shape index (κ3) is 6.28. The maximum atomic E-state index is 14.2. The van der Waals surface area contributed by atoms with Gasteiger partial charge in [-0.3, -0.25) is 9.59 Å². The van der Waals surface area contributed by atoms with Gasteiger partial charge in [0, 0.05) is 13.0 Å². The molecule has 0 unspecified atom stereocenters. The summed E-state index contributed by atoms with van der Waals surface area (Å²) in [5.74, 6) is -2.91. The minimum atomic E-state index is -1.18. The summed E-state index contributed by atoms with van der Waals surface area (Å²) in [6.07, 6.45) is 12.1. The van der Waals surface area contributed by atoms with Gasteiger partial charge < -0.3 is 35.2 Å². The molecule has 0 saturated carbocycles. The van der Waals surface area contributed by atoms with E-state index in [0.29, 0.717) is 33.8 Å². The van der Waals surface area contributed by atoms with Gasteiger partial charge in [-0.2, -0.15) is 17.8 Å². The van der Waals surface area contributed by atoms with Crippen LogP contribution >= 0.6 is 0 Å². The van der Waals surface area contributed by atoms with Crippen molar-refractivity contribution in [2.75, 3.05) is 13.7 Å². The Bertz CT molecular complexity index is 2020. The minimum absolute atomic E-state index is 0. The van der Waals surface area contributed by atoms with Crippen molar-refractivity contribution in [1.82, 2.24) is 9.97 Å². The normalized spacial score (nSPS) is 27.1. The number of allylic oxidation sites excluding steroid dienone is 4. The van der Waals surface area contributed by atoms with Crippen molar-refractivity contribution in [3.05, 3.63) is 109 Å². The summed E-state index contributed by atoms with van der Waals surface area (Å²) < 4.78 is 10.6. The Morgan fingerprint density at radius 1 is 1.06 bits per heavy atom. The smallest absolute Gasteiger partial charge is 0.874 e. The molecule has 2 saturated heterocycles. The number of esters is 2. The Hall–Kier alpha value is -4.28. The largest absolute Gasteiger partial charge is 2.00 e. The van der Waals surface area contributed by atoms with Gasteiger partial charge in [-0.1, -0.05) is 86.0 Å². The third-order valence-corrected chi connectivity index (χ3v) is 10.4. The zero-order valence-corrected chi connectivity index (χ0v) is 31.3. The molecule has 4 aliphatic rings. The molecule has 1 aliphatic carbocycles. The number of nitrogens with zero attached hydrogens (tertiary/aromatic N) is 4. The summed E-state index contributed by atoms with van der Waals surface area (Å²) in [4.78, 5) is 36.3. The van der Waals surface area contributed by atoms with Gasteiger partial charge in [0.1, 0.15) is 0 Å².